The van der Waals surface area contributed by atoms with Crippen LogP contribution in [0, 0.1) is 0 Å². The molecule has 3 aromatic rings. The van der Waals surface area contributed by atoms with E-state index in [9.17, 15) is 14.4 Å². The van der Waals surface area contributed by atoms with Gasteiger partial charge >= 0.3 is 5.97 Å². The van der Waals surface area contributed by atoms with Crippen molar-refractivity contribution in [2.75, 3.05) is 0 Å². The molecule has 0 saturated heterocycles. The average molecular weight is 456 g/mol. The van der Waals surface area contributed by atoms with E-state index in [4.69, 9.17) is 16.3 Å². The molecule has 28 heavy (non-hydrogen) atoms. The van der Waals surface area contributed by atoms with Crippen LogP contribution in [-0.2, 0) is 11.3 Å². The number of carbonyl (C=O) groups excluding carboxylic acids is 3. The standard InChI is InChI=1S/C22H12BrClO4/c23-13-7-5-12(6-8-13)11-28-22(27)17-10-9-16-18(19(17)24)21(26)15-4-2-1-3-14(15)20(16)25/h1-10H,11H2. The highest BCUT2D eigenvalue weighted by molar-refractivity contribution is 9.10. The largest absolute Gasteiger partial charge is 0.457 e. The van der Waals surface area contributed by atoms with Gasteiger partial charge in [-0.1, -0.05) is 63.9 Å². The molecule has 0 atom stereocenters. The van der Waals surface area contributed by atoms with Crippen molar-refractivity contribution in [1.29, 1.82) is 0 Å². The molecule has 1 aliphatic carbocycles. The zero-order chi connectivity index (χ0) is 19.8. The molecule has 0 N–H and O–H groups in total. The molecule has 0 saturated carbocycles. The number of halogens is 2. The second-order valence-electron chi connectivity index (χ2n) is 6.26. The zero-order valence-corrected chi connectivity index (χ0v) is 16.7. The van der Waals surface area contributed by atoms with Gasteiger partial charge in [-0.15, -0.1) is 0 Å². The van der Waals surface area contributed by atoms with Gasteiger partial charge in [0.2, 0.25) is 0 Å². The average Bonchev–Trinajstić information content (AvgIpc) is 2.71. The minimum atomic E-state index is -0.658. The highest BCUT2D eigenvalue weighted by Gasteiger charge is 2.33. The van der Waals surface area contributed by atoms with Crippen LogP contribution in [0.3, 0.4) is 0 Å². The molecule has 3 aromatic carbocycles. The smallest absolute Gasteiger partial charge is 0.340 e. The Labute approximate surface area is 174 Å². The Bertz CT molecular complexity index is 1140. The third kappa shape index (κ3) is 3.17. The Morgan fingerprint density at radius 3 is 2.18 bits per heavy atom. The highest BCUT2D eigenvalue weighted by atomic mass is 79.9. The first-order valence-electron chi connectivity index (χ1n) is 8.40. The van der Waals surface area contributed by atoms with Crippen molar-refractivity contribution in [3.8, 4) is 0 Å². The van der Waals surface area contributed by atoms with Crippen molar-refractivity contribution in [2.45, 2.75) is 6.61 Å². The summed E-state index contributed by atoms with van der Waals surface area (Å²) in [6, 6.07) is 16.8. The summed E-state index contributed by atoms with van der Waals surface area (Å²) >= 11 is 9.71. The van der Waals surface area contributed by atoms with Gasteiger partial charge in [0.05, 0.1) is 16.1 Å². The van der Waals surface area contributed by atoms with E-state index < -0.39 is 5.97 Å². The topological polar surface area (TPSA) is 60.4 Å². The van der Waals surface area contributed by atoms with Crippen molar-refractivity contribution < 1.29 is 19.1 Å². The summed E-state index contributed by atoms with van der Waals surface area (Å²) in [7, 11) is 0. The van der Waals surface area contributed by atoms with Crippen LogP contribution in [0.5, 0.6) is 0 Å². The third-order valence-corrected chi connectivity index (χ3v) is 5.45. The van der Waals surface area contributed by atoms with Gasteiger partial charge < -0.3 is 4.74 Å². The van der Waals surface area contributed by atoms with Crippen molar-refractivity contribution in [1.82, 2.24) is 0 Å². The third-order valence-electron chi connectivity index (χ3n) is 4.53. The van der Waals surface area contributed by atoms with E-state index in [0.29, 0.717) is 5.56 Å². The second-order valence-corrected chi connectivity index (χ2v) is 7.55. The molecule has 0 aromatic heterocycles. The first-order valence-corrected chi connectivity index (χ1v) is 9.57. The van der Waals surface area contributed by atoms with Crippen LogP contribution in [0.4, 0.5) is 0 Å². The molecule has 1 aliphatic rings. The highest BCUT2D eigenvalue weighted by Crippen LogP contribution is 2.34. The minimum Gasteiger partial charge on any atom is -0.457 e. The summed E-state index contributed by atoms with van der Waals surface area (Å²) in [4.78, 5) is 38.1. The number of hydrogen-bond acceptors (Lipinski definition) is 4. The van der Waals surface area contributed by atoms with Crippen molar-refractivity contribution in [3.05, 3.63) is 104 Å². The molecule has 0 fully saturated rings. The maximum absolute atomic E-state index is 12.9. The molecule has 4 nitrogen and oxygen atoms in total. The van der Waals surface area contributed by atoms with Gasteiger partial charge in [-0.05, 0) is 29.8 Å². The van der Waals surface area contributed by atoms with E-state index in [2.05, 4.69) is 15.9 Å². The molecule has 0 spiro atoms. The number of ketones is 2. The number of hydrogen-bond donors (Lipinski definition) is 0. The molecular formula is C22H12BrClO4. The van der Waals surface area contributed by atoms with Gasteiger partial charge in [-0.2, -0.15) is 0 Å². The number of ether oxygens (including phenoxy) is 1. The molecule has 138 valence electrons. The van der Waals surface area contributed by atoms with Gasteiger partial charge in [-0.25, -0.2) is 4.79 Å². The number of esters is 1. The quantitative estimate of drug-likeness (QED) is 0.397. The Hall–Kier alpha value is -2.76. The van der Waals surface area contributed by atoms with Gasteiger partial charge in [-0.3, -0.25) is 9.59 Å². The minimum absolute atomic E-state index is 0.0449. The SMILES string of the molecule is O=C(OCc1ccc(Br)cc1)c1ccc2c(c1Cl)C(=O)c1ccccc1C2=O. The zero-order valence-electron chi connectivity index (χ0n) is 14.4. The lowest BCUT2D eigenvalue weighted by molar-refractivity contribution is 0.0472. The maximum atomic E-state index is 12.9. The van der Waals surface area contributed by atoms with Crippen LogP contribution in [0.15, 0.2) is 65.1 Å². The Morgan fingerprint density at radius 2 is 1.50 bits per heavy atom. The molecule has 0 heterocycles. The predicted molar refractivity (Wildman–Crippen MR) is 108 cm³/mol. The van der Waals surface area contributed by atoms with Gasteiger partial charge in [0, 0.05) is 21.2 Å². The van der Waals surface area contributed by atoms with Crippen LogP contribution in [0.1, 0.15) is 47.8 Å². The van der Waals surface area contributed by atoms with E-state index in [1.54, 1.807) is 24.3 Å². The van der Waals surface area contributed by atoms with Crippen LogP contribution in [0.25, 0.3) is 0 Å². The molecule has 0 bridgehead atoms. The fraction of sp³-hybridized carbons (Fsp3) is 0.0455. The summed E-state index contributed by atoms with van der Waals surface area (Å²) < 4.78 is 6.24. The summed E-state index contributed by atoms with van der Waals surface area (Å²) in [5.74, 6) is -1.32. The van der Waals surface area contributed by atoms with Gasteiger partial charge in [0.25, 0.3) is 0 Å². The fourth-order valence-corrected chi connectivity index (χ4v) is 3.70. The van der Waals surface area contributed by atoms with Crippen molar-refractivity contribution in [2.24, 2.45) is 0 Å². The summed E-state index contributed by atoms with van der Waals surface area (Å²) in [6.07, 6.45) is 0. The van der Waals surface area contributed by atoms with Crippen molar-refractivity contribution >= 4 is 45.1 Å². The first-order chi connectivity index (χ1) is 13.5. The number of benzene rings is 3. The number of rotatable bonds is 3. The lowest BCUT2D eigenvalue weighted by atomic mass is 9.83. The van der Waals surface area contributed by atoms with E-state index in [0.717, 1.165) is 10.0 Å². The maximum Gasteiger partial charge on any atom is 0.340 e. The van der Waals surface area contributed by atoms with Crippen LogP contribution in [-0.4, -0.2) is 17.5 Å². The fourth-order valence-electron chi connectivity index (χ4n) is 3.11. The van der Waals surface area contributed by atoms with Crippen LogP contribution < -0.4 is 0 Å². The van der Waals surface area contributed by atoms with Crippen molar-refractivity contribution in [3.63, 3.8) is 0 Å². The van der Waals surface area contributed by atoms with E-state index in [1.807, 2.05) is 24.3 Å². The normalized spacial score (nSPS) is 12.4. The van der Waals surface area contributed by atoms with E-state index in [1.165, 1.54) is 12.1 Å². The number of fused-ring (bicyclic) bond motifs is 2. The molecule has 0 unspecified atom stereocenters. The van der Waals surface area contributed by atoms with Crippen LogP contribution >= 0.6 is 27.5 Å². The van der Waals surface area contributed by atoms with E-state index >= 15 is 0 Å². The van der Waals surface area contributed by atoms with E-state index in [-0.39, 0.29) is 45.4 Å². The second kappa shape index (κ2) is 7.34. The monoisotopic (exact) mass is 454 g/mol. The Balaban J connectivity index is 1.65. The molecule has 6 heteroatoms. The lowest BCUT2D eigenvalue weighted by Gasteiger charge is -2.19. The summed E-state index contributed by atoms with van der Waals surface area (Å²) in [5.41, 5.74) is 1.72. The first kappa shape index (κ1) is 18.6. The summed E-state index contributed by atoms with van der Waals surface area (Å²) in [5, 5.41) is -0.0637. The Morgan fingerprint density at radius 1 is 0.857 bits per heavy atom. The van der Waals surface area contributed by atoms with Gasteiger partial charge in [0.1, 0.15) is 6.61 Å². The molecule has 0 radical (unpaired) electrons. The molecule has 4 rings (SSSR count). The van der Waals surface area contributed by atoms with Crippen LogP contribution in [0.2, 0.25) is 5.02 Å². The Kier molecular flexibility index (Phi) is 4.87. The molecule has 0 amide bonds. The van der Waals surface area contributed by atoms with Gasteiger partial charge in [0.15, 0.2) is 11.6 Å². The lowest BCUT2D eigenvalue weighted by Crippen LogP contribution is -2.22. The predicted octanol–water partition coefficient (Wildman–Crippen LogP) is 5.23. The number of carbonyl (C=O) groups is 3. The summed E-state index contributed by atoms with van der Waals surface area (Å²) in [6.45, 7) is 0.0647. The molecule has 0 aliphatic heterocycles. The molecular weight excluding hydrogens is 444 g/mol.